The minimum Gasteiger partial charge on any atom is -0.372 e. The second-order valence-corrected chi connectivity index (χ2v) is 5.45. The van der Waals surface area contributed by atoms with E-state index in [1.807, 2.05) is 42.0 Å². The van der Waals surface area contributed by atoms with Gasteiger partial charge in [-0.3, -0.25) is 0 Å². The number of halogens is 2. The molecule has 0 fully saturated rings. The minimum atomic E-state index is 0.620. The van der Waals surface area contributed by atoms with Crippen molar-refractivity contribution in [3.05, 3.63) is 46.3 Å². The van der Waals surface area contributed by atoms with Crippen molar-refractivity contribution in [2.24, 2.45) is 0 Å². The van der Waals surface area contributed by atoms with Gasteiger partial charge in [-0.25, -0.2) is 9.97 Å². The summed E-state index contributed by atoms with van der Waals surface area (Å²) in [4.78, 5) is 8.78. The van der Waals surface area contributed by atoms with Crippen molar-refractivity contribution in [2.75, 3.05) is 17.7 Å². The number of hydrogen-bond donors (Lipinski definition) is 2. The molecule has 0 amide bonds. The van der Waals surface area contributed by atoms with E-state index in [1.54, 1.807) is 6.20 Å². The third-order valence-electron chi connectivity index (χ3n) is 2.81. The maximum atomic E-state index is 6.19. The summed E-state index contributed by atoms with van der Waals surface area (Å²) in [5, 5.41) is 6.86. The van der Waals surface area contributed by atoms with Gasteiger partial charge >= 0.3 is 0 Å². The minimum absolute atomic E-state index is 0.620. The molecule has 0 spiro atoms. The summed E-state index contributed by atoms with van der Waals surface area (Å²) in [6.07, 6.45) is 5.46. The van der Waals surface area contributed by atoms with Gasteiger partial charge in [0.1, 0.15) is 5.82 Å². The van der Waals surface area contributed by atoms with Crippen LogP contribution in [0, 0.1) is 0 Å². The summed E-state index contributed by atoms with van der Waals surface area (Å²) in [5.41, 5.74) is 1.51. The van der Waals surface area contributed by atoms with Crippen LogP contribution in [0.5, 0.6) is 0 Å². The summed E-state index contributed by atoms with van der Waals surface area (Å²) in [5.74, 6) is 1.38. The lowest BCUT2D eigenvalue weighted by molar-refractivity contribution is 1.12. The van der Waals surface area contributed by atoms with Crippen molar-refractivity contribution in [3.63, 3.8) is 0 Å². The van der Waals surface area contributed by atoms with Crippen LogP contribution in [0.4, 0.5) is 17.3 Å². The molecular formula is C13H11BrClN5. The van der Waals surface area contributed by atoms with Gasteiger partial charge in [-0.2, -0.15) is 0 Å². The van der Waals surface area contributed by atoms with E-state index in [1.165, 1.54) is 0 Å². The second kappa shape index (κ2) is 5.30. The highest BCUT2D eigenvalue weighted by atomic mass is 79.9. The van der Waals surface area contributed by atoms with Crippen LogP contribution in [0.3, 0.4) is 0 Å². The summed E-state index contributed by atoms with van der Waals surface area (Å²) < 4.78 is 2.83. The molecule has 7 heteroatoms. The Morgan fingerprint density at radius 2 is 2.20 bits per heavy atom. The van der Waals surface area contributed by atoms with E-state index in [0.29, 0.717) is 10.8 Å². The van der Waals surface area contributed by atoms with Crippen molar-refractivity contribution in [1.82, 2.24) is 14.4 Å². The van der Waals surface area contributed by atoms with E-state index in [4.69, 9.17) is 11.6 Å². The third-order valence-corrected chi connectivity index (χ3v) is 3.63. The quantitative estimate of drug-likeness (QED) is 0.750. The maximum Gasteiger partial charge on any atom is 0.180 e. The fraction of sp³-hybridized carbons (Fsp3) is 0.0769. The lowest BCUT2D eigenvalue weighted by atomic mass is 10.3. The molecule has 2 N–H and O–H groups in total. The van der Waals surface area contributed by atoms with E-state index in [-0.39, 0.29) is 0 Å². The molecule has 20 heavy (non-hydrogen) atoms. The van der Waals surface area contributed by atoms with Crippen molar-refractivity contribution in [1.29, 1.82) is 0 Å². The van der Waals surface area contributed by atoms with Gasteiger partial charge in [0, 0.05) is 23.9 Å². The van der Waals surface area contributed by atoms with Crippen LogP contribution in [0.2, 0.25) is 5.02 Å². The number of benzene rings is 1. The van der Waals surface area contributed by atoms with Gasteiger partial charge in [0.15, 0.2) is 11.5 Å². The second-order valence-electron chi connectivity index (χ2n) is 4.13. The van der Waals surface area contributed by atoms with Crippen LogP contribution >= 0.6 is 27.5 Å². The lowest BCUT2D eigenvalue weighted by Gasteiger charge is -2.11. The summed E-state index contributed by atoms with van der Waals surface area (Å²) >= 11 is 9.62. The first-order valence-corrected chi connectivity index (χ1v) is 7.08. The van der Waals surface area contributed by atoms with Crippen LogP contribution in [-0.2, 0) is 0 Å². The molecule has 0 unspecified atom stereocenters. The molecule has 3 rings (SSSR count). The molecule has 2 heterocycles. The van der Waals surface area contributed by atoms with Gasteiger partial charge in [-0.1, -0.05) is 27.5 Å². The third kappa shape index (κ3) is 2.44. The zero-order chi connectivity index (χ0) is 14.1. The van der Waals surface area contributed by atoms with Gasteiger partial charge in [0.05, 0.1) is 16.9 Å². The molecule has 2 aromatic heterocycles. The van der Waals surface area contributed by atoms with E-state index in [0.717, 1.165) is 21.6 Å². The lowest BCUT2D eigenvalue weighted by Crippen LogP contribution is -2.02. The van der Waals surface area contributed by atoms with Crippen LogP contribution in [0.15, 0.2) is 41.3 Å². The molecule has 102 valence electrons. The SMILES string of the molecule is CNc1cn2ccnc2c(Nc2cc(Br)ccc2Cl)n1. The van der Waals surface area contributed by atoms with Crippen molar-refractivity contribution >= 4 is 50.5 Å². The zero-order valence-corrected chi connectivity index (χ0v) is 12.9. The summed E-state index contributed by atoms with van der Waals surface area (Å²) in [6, 6.07) is 5.60. The number of nitrogens with one attached hydrogen (secondary N) is 2. The van der Waals surface area contributed by atoms with E-state index >= 15 is 0 Å². The van der Waals surface area contributed by atoms with Crippen LogP contribution in [0.25, 0.3) is 5.65 Å². The van der Waals surface area contributed by atoms with Crippen molar-refractivity contribution in [2.45, 2.75) is 0 Å². The highest BCUT2D eigenvalue weighted by Gasteiger charge is 2.09. The molecule has 3 aromatic rings. The fourth-order valence-electron chi connectivity index (χ4n) is 1.86. The Morgan fingerprint density at radius 3 is 3.00 bits per heavy atom. The molecule has 0 aliphatic rings. The normalized spacial score (nSPS) is 10.8. The fourth-order valence-corrected chi connectivity index (χ4v) is 2.38. The number of fused-ring (bicyclic) bond motifs is 1. The first-order chi connectivity index (χ1) is 9.67. The summed E-state index contributed by atoms with van der Waals surface area (Å²) in [7, 11) is 1.82. The molecule has 5 nitrogen and oxygen atoms in total. The maximum absolute atomic E-state index is 6.19. The molecule has 0 aliphatic heterocycles. The molecule has 0 saturated heterocycles. The molecule has 0 atom stereocenters. The van der Waals surface area contributed by atoms with Crippen LogP contribution in [-0.4, -0.2) is 21.4 Å². The van der Waals surface area contributed by atoms with Gasteiger partial charge in [0.2, 0.25) is 0 Å². The predicted octanol–water partition coefficient (Wildman–Crippen LogP) is 3.93. The molecule has 1 aromatic carbocycles. The highest BCUT2D eigenvalue weighted by Crippen LogP contribution is 2.29. The topological polar surface area (TPSA) is 54.2 Å². The molecule has 0 bridgehead atoms. The number of imidazole rings is 1. The number of aromatic nitrogens is 3. The molecular weight excluding hydrogens is 342 g/mol. The average molecular weight is 353 g/mol. The highest BCUT2D eigenvalue weighted by molar-refractivity contribution is 9.10. The zero-order valence-electron chi connectivity index (χ0n) is 10.6. The Hall–Kier alpha value is -1.79. The number of rotatable bonds is 3. The van der Waals surface area contributed by atoms with Crippen LogP contribution < -0.4 is 10.6 Å². The largest absolute Gasteiger partial charge is 0.372 e. The predicted molar refractivity (Wildman–Crippen MR) is 85.0 cm³/mol. The Labute approximate surface area is 129 Å². The first-order valence-electron chi connectivity index (χ1n) is 5.91. The van der Waals surface area contributed by atoms with Crippen LogP contribution in [0.1, 0.15) is 0 Å². The average Bonchev–Trinajstić information content (AvgIpc) is 2.91. The van der Waals surface area contributed by atoms with E-state index < -0.39 is 0 Å². The number of nitrogens with zero attached hydrogens (tertiary/aromatic N) is 3. The monoisotopic (exact) mass is 351 g/mol. The molecule has 0 saturated carbocycles. The number of anilines is 3. The Balaban J connectivity index is 2.09. The first kappa shape index (κ1) is 13.2. The molecule has 0 aliphatic carbocycles. The standard InChI is InChI=1S/C13H11BrClN5/c1-16-11-7-20-5-4-17-13(20)12(19-11)18-10-6-8(14)2-3-9(10)15/h2-7,16H,1H3,(H,18,19). The van der Waals surface area contributed by atoms with Gasteiger partial charge in [-0.05, 0) is 18.2 Å². The van der Waals surface area contributed by atoms with Crippen molar-refractivity contribution < 1.29 is 0 Å². The number of hydrogen-bond acceptors (Lipinski definition) is 4. The smallest absolute Gasteiger partial charge is 0.180 e. The Morgan fingerprint density at radius 1 is 1.35 bits per heavy atom. The van der Waals surface area contributed by atoms with Gasteiger partial charge in [-0.15, -0.1) is 0 Å². The summed E-state index contributed by atoms with van der Waals surface area (Å²) in [6.45, 7) is 0. The Bertz CT molecular complexity index is 771. The van der Waals surface area contributed by atoms with E-state index in [9.17, 15) is 0 Å². The van der Waals surface area contributed by atoms with E-state index in [2.05, 4.69) is 36.5 Å². The van der Waals surface area contributed by atoms with Crippen molar-refractivity contribution in [3.8, 4) is 0 Å². The Kier molecular flexibility index (Phi) is 3.50. The molecule has 0 radical (unpaired) electrons. The van der Waals surface area contributed by atoms with Gasteiger partial charge in [0.25, 0.3) is 0 Å². The van der Waals surface area contributed by atoms with Gasteiger partial charge < -0.3 is 15.0 Å².